The molecule has 0 aliphatic heterocycles. The van der Waals surface area contributed by atoms with Gasteiger partial charge in [0.25, 0.3) is 5.91 Å². The second-order valence-electron chi connectivity index (χ2n) is 5.84. The lowest BCUT2D eigenvalue weighted by Gasteiger charge is -2.10. The molecule has 1 heterocycles. The standard InChI is InChI=1S/C20H19ClN4O/c1-3-14-6-4-5-7-16(14)25-20(26)18-11-23-19(12-22-18)24-17-10-15(21)9-8-13(17)2/h4-12H,3H2,1-2H3,(H,23,24)(H,25,26). The van der Waals surface area contributed by atoms with E-state index in [1.165, 1.54) is 12.4 Å². The third-order valence-corrected chi connectivity index (χ3v) is 4.23. The smallest absolute Gasteiger partial charge is 0.275 e. The van der Waals surface area contributed by atoms with Gasteiger partial charge in [-0.25, -0.2) is 9.97 Å². The molecule has 1 amide bonds. The number of rotatable bonds is 5. The SMILES string of the molecule is CCc1ccccc1NC(=O)c1cnc(Nc2cc(Cl)ccc2C)cn1. The van der Waals surface area contributed by atoms with Crippen LogP contribution < -0.4 is 10.6 Å². The Morgan fingerprint density at radius 2 is 1.88 bits per heavy atom. The van der Waals surface area contributed by atoms with Crippen LogP contribution in [0.1, 0.15) is 28.5 Å². The van der Waals surface area contributed by atoms with Gasteiger partial charge in [0, 0.05) is 16.4 Å². The number of benzene rings is 2. The number of nitrogens with zero attached hydrogens (tertiary/aromatic N) is 2. The molecule has 2 N–H and O–H groups in total. The first kappa shape index (κ1) is 17.9. The summed E-state index contributed by atoms with van der Waals surface area (Å²) in [6.07, 6.45) is 3.82. The summed E-state index contributed by atoms with van der Waals surface area (Å²) in [5.41, 5.74) is 4.00. The summed E-state index contributed by atoms with van der Waals surface area (Å²) < 4.78 is 0. The molecule has 1 aromatic heterocycles. The maximum absolute atomic E-state index is 12.4. The van der Waals surface area contributed by atoms with Crippen LogP contribution in [0.5, 0.6) is 0 Å². The number of hydrogen-bond donors (Lipinski definition) is 2. The lowest BCUT2D eigenvalue weighted by Crippen LogP contribution is -2.15. The molecule has 0 saturated heterocycles. The molecule has 5 nitrogen and oxygen atoms in total. The van der Waals surface area contributed by atoms with Crippen LogP contribution in [-0.2, 0) is 6.42 Å². The van der Waals surface area contributed by atoms with Crippen molar-refractivity contribution in [3.63, 3.8) is 0 Å². The molecule has 3 rings (SSSR count). The Morgan fingerprint density at radius 3 is 2.62 bits per heavy atom. The Balaban J connectivity index is 1.73. The highest BCUT2D eigenvalue weighted by atomic mass is 35.5. The molecule has 0 unspecified atom stereocenters. The maximum Gasteiger partial charge on any atom is 0.275 e. The summed E-state index contributed by atoms with van der Waals surface area (Å²) in [6, 6.07) is 13.3. The van der Waals surface area contributed by atoms with Gasteiger partial charge in [0.05, 0.1) is 12.4 Å². The summed E-state index contributed by atoms with van der Waals surface area (Å²) >= 11 is 6.02. The Bertz CT molecular complexity index is 925. The second kappa shape index (κ2) is 7.97. The zero-order valence-corrected chi connectivity index (χ0v) is 15.3. The minimum atomic E-state index is -0.288. The van der Waals surface area contributed by atoms with Crippen molar-refractivity contribution < 1.29 is 4.79 Å². The van der Waals surface area contributed by atoms with Crippen LogP contribution in [0.15, 0.2) is 54.9 Å². The van der Waals surface area contributed by atoms with Crippen molar-refractivity contribution in [1.82, 2.24) is 9.97 Å². The van der Waals surface area contributed by atoms with Crippen LogP contribution in [0.3, 0.4) is 0 Å². The van der Waals surface area contributed by atoms with Gasteiger partial charge in [-0.3, -0.25) is 4.79 Å². The van der Waals surface area contributed by atoms with Crippen LogP contribution >= 0.6 is 11.6 Å². The van der Waals surface area contributed by atoms with Crippen molar-refractivity contribution in [2.24, 2.45) is 0 Å². The topological polar surface area (TPSA) is 66.9 Å². The van der Waals surface area contributed by atoms with E-state index in [-0.39, 0.29) is 11.6 Å². The van der Waals surface area contributed by atoms with Gasteiger partial charge in [0.2, 0.25) is 0 Å². The van der Waals surface area contributed by atoms with E-state index < -0.39 is 0 Å². The minimum Gasteiger partial charge on any atom is -0.339 e. The number of amides is 1. The van der Waals surface area contributed by atoms with E-state index in [4.69, 9.17) is 11.6 Å². The average Bonchev–Trinajstić information content (AvgIpc) is 2.65. The molecule has 0 aliphatic rings. The number of halogens is 1. The molecule has 132 valence electrons. The lowest BCUT2D eigenvalue weighted by molar-refractivity contribution is 0.102. The first-order chi connectivity index (χ1) is 12.6. The van der Waals surface area contributed by atoms with E-state index in [1.54, 1.807) is 0 Å². The predicted octanol–water partition coefficient (Wildman–Crippen LogP) is 5.00. The number of anilines is 3. The van der Waals surface area contributed by atoms with Crippen molar-refractivity contribution in [3.8, 4) is 0 Å². The molecule has 0 spiro atoms. The molecule has 3 aromatic rings. The van der Waals surface area contributed by atoms with Crippen LogP contribution in [-0.4, -0.2) is 15.9 Å². The Morgan fingerprint density at radius 1 is 1.08 bits per heavy atom. The largest absolute Gasteiger partial charge is 0.339 e. The monoisotopic (exact) mass is 366 g/mol. The van der Waals surface area contributed by atoms with E-state index in [9.17, 15) is 4.79 Å². The molecule has 26 heavy (non-hydrogen) atoms. The summed E-state index contributed by atoms with van der Waals surface area (Å²) in [5, 5.41) is 6.68. The van der Waals surface area contributed by atoms with Gasteiger partial charge in [-0.2, -0.15) is 0 Å². The van der Waals surface area contributed by atoms with E-state index in [0.717, 1.165) is 28.9 Å². The highest BCUT2D eigenvalue weighted by molar-refractivity contribution is 6.30. The number of aryl methyl sites for hydroxylation is 2. The van der Waals surface area contributed by atoms with Crippen molar-refractivity contribution >= 4 is 34.7 Å². The molecule has 6 heteroatoms. The van der Waals surface area contributed by atoms with Crippen LogP contribution in [0.25, 0.3) is 0 Å². The zero-order chi connectivity index (χ0) is 18.5. The highest BCUT2D eigenvalue weighted by Gasteiger charge is 2.11. The first-order valence-electron chi connectivity index (χ1n) is 8.31. The lowest BCUT2D eigenvalue weighted by atomic mass is 10.1. The normalized spacial score (nSPS) is 10.4. The Hall–Kier alpha value is -2.92. The number of carbonyl (C=O) groups is 1. The van der Waals surface area contributed by atoms with Crippen LogP contribution in [0, 0.1) is 6.92 Å². The maximum atomic E-state index is 12.4. The first-order valence-corrected chi connectivity index (χ1v) is 8.69. The Labute approximate surface area is 157 Å². The van der Waals surface area contributed by atoms with Crippen molar-refractivity contribution in [3.05, 3.63) is 76.7 Å². The molecular formula is C20H19ClN4O. The number of hydrogen-bond acceptors (Lipinski definition) is 4. The fraction of sp³-hybridized carbons (Fsp3) is 0.150. The van der Waals surface area contributed by atoms with E-state index in [0.29, 0.717) is 10.8 Å². The van der Waals surface area contributed by atoms with Crippen LogP contribution in [0.2, 0.25) is 5.02 Å². The Kier molecular flexibility index (Phi) is 5.49. The summed E-state index contributed by atoms with van der Waals surface area (Å²) in [5.74, 6) is 0.254. The summed E-state index contributed by atoms with van der Waals surface area (Å²) in [6.45, 7) is 4.02. The minimum absolute atomic E-state index is 0.254. The van der Waals surface area contributed by atoms with E-state index in [1.807, 2.05) is 56.3 Å². The molecular weight excluding hydrogens is 348 g/mol. The van der Waals surface area contributed by atoms with Gasteiger partial charge in [-0.15, -0.1) is 0 Å². The van der Waals surface area contributed by atoms with Gasteiger partial charge in [0.1, 0.15) is 11.5 Å². The van der Waals surface area contributed by atoms with Crippen molar-refractivity contribution in [2.75, 3.05) is 10.6 Å². The molecule has 0 aliphatic carbocycles. The summed E-state index contributed by atoms with van der Waals surface area (Å²) in [4.78, 5) is 20.9. The van der Waals surface area contributed by atoms with Crippen molar-refractivity contribution in [1.29, 1.82) is 0 Å². The van der Waals surface area contributed by atoms with E-state index in [2.05, 4.69) is 20.6 Å². The number of para-hydroxylation sites is 1. The average molecular weight is 367 g/mol. The molecule has 2 aromatic carbocycles. The highest BCUT2D eigenvalue weighted by Crippen LogP contribution is 2.23. The van der Waals surface area contributed by atoms with Crippen molar-refractivity contribution in [2.45, 2.75) is 20.3 Å². The molecule has 0 radical (unpaired) electrons. The summed E-state index contributed by atoms with van der Waals surface area (Å²) in [7, 11) is 0. The van der Waals surface area contributed by atoms with Gasteiger partial charge in [-0.05, 0) is 42.7 Å². The zero-order valence-electron chi connectivity index (χ0n) is 14.6. The molecule has 0 saturated carbocycles. The second-order valence-corrected chi connectivity index (χ2v) is 6.27. The van der Waals surface area contributed by atoms with Gasteiger partial charge >= 0.3 is 0 Å². The van der Waals surface area contributed by atoms with E-state index >= 15 is 0 Å². The molecule has 0 fully saturated rings. The van der Waals surface area contributed by atoms with Gasteiger partial charge in [0.15, 0.2) is 0 Å². The van der Waals surface area contributed by atoms with Gasteiger partial charge in [-0.1, -0.05) is 42.8 Å². The fourth-order valence-electron chi connectivity index (χ4n) is 2.51. The van der Waals surface area contributed by atoms with Gasteiger partial charge < -0.3 is 10.6 Å². The molecule has 0 atom stereocenters. The number of aromatic nitrogens is 2. The number of carbonyl (C=O) groups excluding carboxylic acids is 1. The fourth-order valence-corrected chi connectivity index (χ4v) is 2.69. The molecule has 0 bridgehead atoms. The van der Waals surface area contributed by atoms with Crippen LogP contribution in [0.4, 0.5) is 17.2 Å². The third kappa shape index (κ3) is 4.18. The third-order valence-electron chi connectivity index (χ3n) is 3.99. The predicted molar refractivity (Wildman–Crippen MR) is 105 cm³/mol. The number of nitrogens with one attached hydrogen (secondary N) is 2. The quantitative estimate of drug-likeness (QED) is 0.667.